The first-order valence-corrected chi connectivity index (χ1v) is 3.40. The minimum atomic E-state index is -5.68. The number of ether oxygens (including phenoxy) is 1. The first-order chi connectivity index (χ1) is 6.10. The SMILES string of the molecule is CCOC(=O)C(C(F)(F)F)C(F)(F)F. The van der Waals surface area contributed by atoms with Crippen LogP contribution in [-0.2, 0) is 9.53 Å². The number of carbonyl (C=O) groups is 1. The van der Waals surface area contributed by atoms with Crippen molar-refractivity contribution in [3.8, 4) is 0 Å². The number of alkyl halides is 6. The van der Waals surface area contributed by atoms with Crippen LogP contribution in [0.5, 0.6) is 0 Å². The molecule has 0 atom stereocenters. The van der Waals surface area contributed by atoms with Crippen LogP contribution in [-0.4, -0.2) is 24.9 Å². The second-order valence-corrected chi connectivity index (χ2v) is 2.27. The molecule has 8 heteroatoms. The molecule has 0 heterocycles. The van der Waals surface area contributed by atoms with Gasteiger partial charge in [-0.1, -0.05) is 0 Å². The summed E-state index contributed by atoms with van der Waals surface area (Å²) < 4.78 is 74.3. The Morgan fingerprint density at radius 2 is 1.50 bits per heavy atom. The summed E-state index contributed by atoms with van der Waals surface area (Å²) in [6.45, 7) is 0.573. The Bertz CT molecular complexity index is 191. The van der Waals surface area contributed by atoms with Gasteiger partial charge in [-0.2, -0.15) is 26.3 Å². The summed E-state index contributed by atoms with van der Waals surface area (Å²) in [6.07, 6.45) is -11.4. The highest BCUT2D eigenvalue weighted by Crippen LogP contribution is 2.39. The summed E-state index contributed by atoms with van der Waals surface area (Å²) in [7, 11) is 0. The lowest BCUT2D eigenvalue weighted by Gasteiger charge is -2.20. The maximum atomic E-state index is 11.8. The Hall–Kier alpha value is -0.950. The Morgan fingerprint density at radius 3 is 1.71 bits per heavy atom. The zero-order chi connectivity index (χ0) is 11.6. The molecule has 0 aromatic heterocycles. The summed E-state index contributed by atoms with van der Waals surface area (Å²) in [5, 5.41) is 0. The second-order valence-electron chi connectivity index (χ2n) is 2.27. The van der Waals surface area contributed by atoms with E-state index in [9.17, 15) is 31.1 Å². The molecule has 2 nitrogen and oxygen atoms in total. The standard InChI is InChI=1S/C6H6F6O2/c1-2-14-4(13)3(5(7,8)9)6(10,11)12/h3H,2H2,1H3. The molecule has 0 rings (SSSR count). The Kier molecular flexibility index (Phi) is 3.78. The Labute approximate surface area is 74.8 Å². The molecule has 0 radical (unpaired) electrons. The molecule has 0 saturated carbocycles. The lowest BCUT2D eigenvalue weighted by molar-refractivity contribution is -0.281. The van der Waals surface area contributed by atoms with Gasteiger partial charge in [0.1, 0.15) is 0 Å². The van der Waals surface area contributed by atoms with E-state index in [4.69, 9.17) is 0 Å². The number of hydrogen-bond donors (Lipinski definition) is 0. The molecule has 84 valence electrons. The van der Waals surface area contributed by atoms with Crippen LogP contribution in [0, 0.1) is 5.92 Å². The van der Waals surface area contributed by atoms with Crippen molar-refractivity contribution in [2.24, 2.45) is 5.92 Å². The van der Waals surface area contributed by atoms with Crippen LogP contribution >= 0.6 is 0 Å². The highest BCUT2D eigenvalue weighted by molar-refractivity contribution is 5.74. The molecule has 0 amide bonds. The molecule has 0 aromatic carbocycles. The van der Waals surface area contributed by atoms with Crippen molar-refractivity contribution in [2.75, 3.05) is 6.61 Å². The van der Waals surface area contributed by atoms with Gasteiger partial charge in [-0.15, -0.1) is 0 Å². The number of rotatable bonds is 2. The van der Waals surface area contributed by atoms with Crippen LogP contribution in [0.1, 0.15) is 6.92 Å². The number of halogens is 6. The van der Waals surface area contributed by atoms with Gasteiger partial charge in [0.05, 0.1) is 6.61 Å². The van der Waals surface area contributed by atoms with Crippen molar-refractivity contribution in [3.05, 3.63) is 0 Å². The van der Waals surface area contributed by atoms with E-state index in [-0.39, 0.29) is 0 Å². The van der Waals surface area contributed by atoms with Crippen molar-refractivity contribution in [1.29, 1.82) is 0 Å². The zero-order valence-electron chi connectivity index (χ0n) is 6.87. The fraction of sp³-hybridized carbons (Fsp3) is 0.833. The van der Waals surface area contributed by atoms with Gasteiger partial charge in [-0.25, -0.2) is 0 Å². The van der Waals surface area contributed by atoms with E-state index in [0.717, 1.165) is 6.92 Å². The fourth-order valence-corrected chi connectivity index (χ4v) is 0.678. The predicted molar refractivity (Wildman–Crippen MR) is 32.2 cm³/mol. The maximum Gasteiger partial charge on any atom is 0.411 e. The van der Waals surface area contributed by atoms with Crippen LogP contribution in [0.4, 0.5) is 26.3 Å². The molecule has 0 saturated heterocycles. The van der Waals surface area contributed by atoms with E-state index >= 15 is 0 Å². The third-order valence-corrected chi connectivity index (χ3v) is 1.18. The van der Waals surface area contributed by atoms with Gasteiger partial charge < -0.3 is 4.74 Å². The molecule has 0 N–H and O–H groups in total. The van der Waals surface area contributed by atoms with E-state index < -0.39 is 30.8 Å². The lowest BCUT2D eigenvalue weighted by Crippen LogP contribution is -2.43. The predicted octanol–water partition coefficient (Wildman–Crippen LogP) is 2.29. The van der Waals surface area contributed by atoms with Crippen LogP contribution in [0.2, 0.25) is 0 Å². The zero-order valence-corrected chi connectivity index (χ0v) is 6.87. The Balaban J connectivity index is 4.84. The summed E-state index contributed by atoms with van der Waals surface area (Å²) in [5.74, 6) is -6.39. The number of carbonyl (C=O) groups excluding carboxylic acids is 1. The molecule has 0 unspecified atom stereocenters. The average molecular weight is 224 g/mol. The minimum Gasteiger partial charge on any atom is -0.465 e. The normalized spacial score (nSPS) is 13.1. The van der Waals surface area contributed by atoms with Crippen molar-refractivity contribution in [1.82, 2.24) is 0 Å². The monoisotopic (exact) mass is 224 g/mol. The van der Waals surface area contributed by atoms with Crippen LogP contribution in [0.25, 0.3) is 0 Å². The second kappa shape index (κ2) is 4.05. The first-order valence-electron chi connectivity index (χ1n) is 3.40. The molecule has 0 bridgehead atoms. The van der Waals surface area contributed by atoms with Crippen molar-refractivity contribution >= 4 is 5.97 Å². The van der Waals surface area contributed by atoms with E-state index in [1.54, 1.807) is 0 Å². The molecule has 0 aliphatic rings. The molecule has 0 fully saturated rings. The maximum absolute atomic E-state index is 11.8. The molecule has 0 aliphatic carbocycles. The van der Waals surface area contributed by atoms with Gasteiger partial charge in [-0.3, -0.25) is 4.79 Å². The number of esters is 1. The van der Waals surface area contributed by atoms with Gasteiger partial charge in [-0.05, 0) is 6.92 Å². The third-order valence-electron chi connectivity index (χ3n) is 1.18. The third kappa shape index (κ3) is 3.43. The molecule has 0 spiro atoms. The highest BCUT2D eigenvalue weighted by atomic mass is 19.4. The smallest absolute Gasteiger partial charge is 0.411 e. The minimum absolute atomic E-state index is 0.540. The van der Waals surface area contributed by atoms with Crippen LogP contribution in [0.15, 0.2) is 0 Å². The summed E-state index contributed by atoms with van der Waals surface area (Å²) in [6, 6.07) is 0. The van der Waals surface area contributed by atoms with Crippen molar-refractivity contribution < 1.29 is 35.9 Å². The number of hydrogen-bond acceptors (Lipinski definition) is 2. The van der Waals surface area contributed by atoms with Crippen molar-refractivity contribution in [2.45, 2.75) is 19.3 Å². The van der Waals surface area contributed by atoms with Gasteiger partial charge in [0.2, 0.25) is 5.92 Å². The quantitative estimate of drug-likeness (QED) is 0.531. The van der Waals surface area contributed by atoms with Gasteiger partial charge in [0.15, 0.2) is 0 Å². The van der Waals surface area contributed by atoms with Gasteiger partial charge in [0, 0.05) is 0 Å². The summed E-state index contributed by atoms with van der Waals surface area (Å²) >= 11 is 0. The molecule has 0 aromatic rings. The summed E-state index contributed by atoms with van der Waals surface area (Å²) in [4.78, 5) is 10.4. The topological polar surface area (TPSA) is 26.3 Å². The molecular weight excluding hydrogens is 218 g/mol. The lowest BCUT2D eigenvalue weighted by atomic mass is 10.1. The van der Waals surface area contributed by atoms with Gasteiger partial charge in [0.25, 0.3) is 0 Å². The summed E-state index contributed by atoms with van der Waals surface area (Å²) in [5.41, 5.74) is 0. The fourth-order valence-electron chi connectivity index (χ4n) is 0.678. The van der Waals surface area contributed by atoms with E-state index in [1.807, 2.05) is 0 Å². The molecular formula is C6H6F6O2. The Morgan fingerprint density at radius 1 is 1.14 bits per heavy atom. The van der Waals surface area contributed by atoms with E-state index in [0.29, 0.717) is 0 Å². The van der Waals surface area contributed by atoms with E-state index in [2.05, 4.69) is 4.74 Å². The largest absolute Gasteiger partial charge is 0.465 e. The molecule has 14 heavy (non-hydrogen) atoms. The first kappa shape index (κ1) is 13.0. The molecule has 0 aliphatic heterocycles. The average Bonchev–Trinajstić information content (AvgIpc) is 1.78. The van der Waals surface area contributed by atoms with Crippen LogP contribution < -0.4 is 0 Å². The van der Waals surface area contributed by atoms with E-state index in [1.165, 1.54) is 0 Å². The highest BCUT2D eigenvalue weighted by Gasteiger charge is 2.62. The van der Waals surface area contributed by atoms with Gasteiger partial charge >= 0.3 is 18.3 Å². The van der Waals surface area contributed by atoms with Crippen LogP contribution in [0.3, 0.4) is 0 Å². The van der Waals surface area contributed by atoms with Crippen molar-refractivity contribution in [3.63, 3.8) is 0 Å².